The fourth-order valence-corrected chi connectivity index (χ4v) is 6.43. The molecule has 1 fully saturated rings. The Bertz CT molecular complexity index is 1920. The van der Waals surface area contributed by atoms with E-state index in [2.05, 4.69) is 27.2 Å². The van der Waals surface area contributed by atoms with Crippen LogP contribution in [-0.4, -0.2) is 65.3 Å². The zero-order chi connectivity index (χ0) is 29.4. The standard InChI is InChI=1S/C30H30N6O4S2/c1-19-14-24(42(3,38)39)8-9-25(19)26-15-20-16-32-30(34-28(20)36(29(26)37)18-27-31-11-13-41-27)33-21-4-6-22(7-5-21)40-23-10-12-35(2)17-23/h4-9,11,13-16,23H,10,12,17-18H2,1-3H3,(H,32,33,34). The lowest BCUT2D eigenvalue weighted by molar-refractivity contribution is 0.208. The Labute approximate surface area is 247 Å². The van der Waals surface area contributed by atoms with Crippen molar-refractivity contribution in [1.29, 1.82) is 0 Å². The van der Waals surface area contributed by atoms with E-state index in [1.807, 2.05) is 29.6 Å². The number of fused-ring (bicyclic) bond motifs is 1. The van der Waals surface area contributed by atoms with Crippen LogP contribution in [0.5, 0.6) is 5.75 Å². The number of hydrogen-bond acceptors (Lipinski definition) is 10. The van der Waals surface area contributed by atoms with Crippen molar-refractivity contribution in [1.82, 2.24) is 24.4 Å². The maximum atomic E-state index is 13.9. The second kappa shape index (κ2) is 11.3. The topological polar surface area (TPSA) is 119 Å². The van der Waals surface area contributed by atoms with Gasteiger partial charge in [-0.3, -0.25) is 9.36 Å². The Balaban J connectivity index is 1.35. The third-order valence-electron chi connectivity index (χ3n) is 7.28. The summed E-state index contributed by atoms with van der Waals surface area (Å²) in [5, 5.41) is 6.53. The molecule has 12 heteroatoms. The molecule has 1 unspecified atom stereocenters. The van der Waals surface area contributed by atoms with Crippen LogP contribution in [0, 0.1) is 6.92 Å². The summed E-state index contributed by atoms with van der Waals surface area (Å²) in [6.45, 7) is 3.99. The molecule has 216 valence electrons. The minimum atomic E-state index is -3.38. The zero-order valence-electron chi connectivity index (χ0n) is 23.4. The highest BCUT2D eigenvalue weighted by atomic mass is 32.2. The van der Waals surface area contributed by atoms with Gasteiger partial charge in [0.2, 0.25) is 5.95 Å². The quantitative estimate of drug-likeness (QED) is 0.274. The molecule has 1 N–H and O–H groups in total. The van der Waals surface area contributed by atoms with Crippen LogP contribution in [0.4, 0.5) is 11.6 Å². The summed E-state index contributed by atoms with van der Waals surface area (Å²) in [5.74, 6) is 1.16. The van der Waals surface area contributed by atoms with Gasteiger partial charge in [-0.25, -0.2) is 18.4 Å². The molecule has 0 saturated carbocycles. The highest BCUT2D eigenvalue weighted by Crippen LogP contribution is 2.27. The molecule has 1 aliphatic rings. The largest absolute Gasteiger partial charge is 0.489 e. The number of pyridine rings is 1. The first-order valence-electron chi connectivity index (χ1n) is 13.5. The normalized spacial score (nSPS) is 15.7. The fraction of sp³-hybridized carbons (Fsp3) is 0.267. The first-order valence-corrected chi connectivity index (χ1v) is 16.2. The summed E-state index contributed by atoms with van der Waals surface area (Å²) in [6, 6.07) is 14.2. The lowest BCUT2D eigenvalue weighted by Gasteiger charge is -2.15. The maximum absolute atomic E-state index is 13.9. The predicted octanol–water partition coefficient (Wildman–Crippen LogP) is 4.50. The molecule has 0 spiro atoms. The average molecular weight is 603 g/mol. The second-order valence-electron chi connectivity index (χ2n) is 10.5. The van der Waals surface area contributed by atoms with Gasteiger partial charge in [-0.05, 0) is 74.0 Å². The number of hydrogen-bond donors (Lipinski definition) is 1. The molecular formula is C30H30N6O4S2. The Morgan fingerprint density at radius 1 is 1.10 bits per heavy atom. The number of benzene rings is 2. The monoisotopic (exact) mass is 602 g/mol. The molecule has 0 radical (unpaired) electrons. The van der Waals surface area contributed by atoms with Gasteiger partial charge in [-0.1, -0.05) is 6.07 Å². The van der Waals surface area contributed by atoms with Gasteiger partial charge in [-0.2, -0.15) is 4.98 Å². The van der Waals surface area contributed by atoms with E-state index < -0.39 is 9.84 Å². The number of aromatic nitrogens is 4. The molecule has 1 saturated heterocycles. The smallest absolute Gasteiger partial charge is 0.260 e. The number of nitrogens with zero attached hydrogens (tertiary/aromatic N) is 5. The summed E-state index contributed by atoms with van der Waals surface area (Å²) >= 11 is 1.45. The maximum Gasteiger partial charge on any atom is 0.260 e. The Morgan fingerprint density at radius 3 is 2.57 bits per heavy atom. The van der Waals surface area contributed by atoms with E-state index in [9.17, 15) is 13.2 Å². The second-order valence-corrected chi connectivity index (χ2v) is 13.5. The van der Waals surface area contributed by atoms with E-state index >= 15 is 0 Å². The summed E-state index contributed by atoms with van der Waals surface area (Å²) < 4.78 is 31.8. The van der Waals surface area contributed by atoms with Gasteiger partial charge in [0.25, 0.3) is 5.56 Å². The van der Waals surface area contributed by atoms with Crippen LogP contribution in [0.25, 0.3) is 22.2 Å². The van der Waals surface area contributed by atoms with Crippen molar-refractivity contribution in [2.75, 3.05) is 31.7 Å². The SMILES string of the molecule is Cc1cc(S(C)(=O)=O)ccc1-c1cc2cnc(Nc3ccc(OC4CCN(C)C4)cc3)nc2n(Cc2nccs2)c1=O. The predicted molar refractivity (Wildman–Crippen MR) is 165 cm³/mol. The summed E-state index contributed by atoms with van der Waals surface area (Å²) in [7, 11) is -1.28. The van der Waals surface area contributed by atoms with Crippen LogP contribution >= 0.6 is 11.3 Å². The molecule has 6 rings (SSSR count). The molecule has 5 aromatic rings. The number of likely N-dealkylation sites (N-methyl/N-ethyl adjacent to an activating group) is 1. The number of rotatable bonds is 8. The number of anilines is 2. The van der Waals surface area contributed by atoms with Crippen LogP contribution in [-0.2, 0) is 16.4 Å². The average Bonchev–Trinajstić information content (AvgIpc) is 3.62. The van der Waals surface area contributed by atoms with E-state index in [0.717, 1.165) is 36.0 Å². The first kappa shape index (κ1) is 28.0. The highest BCUT2D eigenvalue weighted by Gasteiger charge is 2.21. The third-order valence-corrected chi connectivity index (χ3v) is 9.16. The Morgan fingerprint density at radius 2 is 1.90 bits per heavy atom. The van der Waals surface area contributed by atoms with Crippen molar-refractivity contribution in [2.45, 2.75) is 30.9 Å². The molecule has 42 heavy (non-hydrogen) atoms. The third kappa shape index (κ3) is 5.91. The number of likely N-dealkylation sites (tertiary alicyclic amines) is 1. The van der Waals surface area contributed by atoms with Gasteiger partial charge in [0.15, 0.2) is 9.84 Å². The van der Waals surface area contributed by atoms with E-state index in [-0.39, 0.29) is 23.1 Å². The molecular weight excluding hydrogens is 573 g/mol. The van der Waals surface area contributed by atoms with E-state index in [4.69, 9.17) is 9.72 Å². The number of nitrogens with one attached hydrogen (secondary N) is 1. The van der Waals surface area contributed by atoms with Crippen molar-refractivity contribution in [2.24, 2.45) is 0 Å². The van der Waals surface area contributed by atoms with Crippen LogP contribution in [0.15, 0.2) is 76.0 Å². The summed E-state index contributed by atoms with van der Waals surface area (Å²) in [5.41, 5.74) is 2.77. The molecule has 0 bridgehead atoms. The number of thiazole rings is 1. The minimum Gasteiger partial charge on any atom is -0.489 e. The van der Waals surface area contributed by atoms with Gasteiger partial charge >= 0.3 is 0 Å². The highest BCUT2D eigenvalue weighted by molar-refractivity contribution is 7.90. The molecule has 4 heterocycles. The minimum absolute atomic E-state index is 0.193. The van der Waals surface area contributed by atoms with Gasteiger partial charge < -0.3 is 15.0 Å². The molecule has 1 aliphatic heterocycles. The van der Waals surface area contributed by atoms with Crippen molar-refractivity contribution >= 4 is 43.8 Å². The Hall–Kier alpha value is -4.13. The van der Waals surface area contributed by atoms with Crippen molar-refractivity contribution in [3.8, 4) is 16.9 Å². The summed E-state index contributed by atoms with van der Waals surface area (Å²) in [4.78, 5) is 30.0. The van der Waals surface area contributed by atoms with Crippen LogP contribution < -0.4 is 15.6 Å². The van der Waals surface area contributed by atoms with E-state index in [1.54, 1.807) is 42.1 Å². The number of aryl methyl sites for hydroxylation is 1. The van der Waals surface area contributed by atoms with Gasteiger partial charge in [0.1, 0.15) is 22.5 Å². The molecule has 1 atom stereocenters. The molecule has 0 aliphatic carbocycles. The van der Waals surface area contributed by atoms with E-state index in [0.29, 0.717) is 33.7 Å². The molecule has 0 amide bonds. The number of ether oxygens (including phenoxy) is 1. The van der Waals surface area contributed by atoms with E-state index in [1.165, 1.54) is 23.7 Å². The first-order chi connectivity index (χ1) is 20.1. The Kier molecular flexibility index (Phi) is 7.52. The van der Waals surface area contributed by atoms with Crippen LogP contribution in [0.3, 0.4) is 0 Å². The number of sulfone groups is 1. The van der Waals surface area contributed by atoms with Crippen molar-refractivity contribution < 1.29 is 13.2 Å². The lowest BCUT2D eigenvalue weighted by atomic mass is 10.0. The fourth-order valence-electron chi connectivity index (χ4n) is 5.12. The van der Waals surface area contributed by atoms with Gasteiger partial charge in [-0.15, -0.1) is 11.3 Å². The van der Waals surface area contributed by atoms with Crippen LogP contribution in [0.2, 0.25) is 0 Å². The van der Waals surface area contributed by atoms with Gasteiger partial charge in [0, 0.05) is 53.8 Å². The zero-order valence-corrected chi connectivity index (χ0v) is 25.1. The summed E-state index contributed by atoms with van der Waals surface area (Å²) in [6.07, 6.45) is 5.75. The lowest BCUT2D eigenvalue weighted by Crippen LogP contribution is -2.24. The van der Waals surface area contributed by atoms with Crippen LogP contribution in [0.1, 0.15) is 17.0 Å². The molecule has 3 aromatic heterocycles. The van der Waals surface area contributed by atoms with Crippen molar-refractivity contribution in [3.63, 3.8) is 0 Å². The molecule has 2 aromatic carbocycles. The molecule has 10 nitrogen and oxygen atoms in total. The van der Waals surface area contributed by atoms with Crippen molar-refractivity contribution in [3.05, 3.63) is 87.2 Å². The van der Waals surface area contributed by atoms with Gasteiger partial charge in [0.05, 0.1) is 11.4 Å².